The van der Waals surface area contributed by atoms with Gasteiger partial charge >= 0.3 is 0 Å². The number of likely N-dealkylation sites (N-methyl/N-ethyl adjacent to an activating group) is 1. The number of carbonyl (C=O) groups is 1. The molecular formula is C13H17NO3S. The van der Waals surface area contributed by atoms with Gasteiger partial charge in [0.2, 0.25) is 5.91 Å². The van der Waals surface area contributed by atoms with E-state index < -0.39 is 9.84 Å². The van der Waals surface area contributed by atoms with Crippen LogP contribution in [0.5, 0.6) is 0 Å². The summed E-state index contributed by atoms with van der Waals surface area (Å²) >= 11 is 0. The molecule has 0 saturated carbocycles. The number of hydrogen-bond donors (Lipinski definition) is 0. The van der Waals surface area contributed by atoms with Gasteiger partial charge in [-0.15, -0.1) is 0 Å². The summed E-state index contributed by atoms with van der Waals surface area (Å²) in [7, 11) is -1.43. The lowest BCUT2D eigenvalue weighted by molar-refractivity contribution is -0.130. The third-order valence-corrected chi connectivity index (χ3v) is 5.05. The van der Waals surface area contributed by atoms with Crippen molar-refractivity contribution in [2.75, 3.05) is 18.6 Å². The van der Waals surface area contributed by atoms with E-state index in [-0.39, 0.29) is 29.9 Å². The van der Waals surface area contributed by atoms with Gasteiger partial charge in [-0.2, -0.15) is 0 Å². The SMILES string of the molecule is CN1C(=O)CCS(=O)(=O)CC1Cc1ccccc1. The van der Waals surface area contributed by atoms with E-state index in [0.29, 0.717) is 6.42 Å². The normalized spacial score (nSPS) is 23.7. The average molecular weight is 267 g/mol. The van der Waals surface area contributed by atoms with E-state index in [1.165, 1.54) is 0 Å². The third-order valence-electron chi connectivity index (χ3n) is 3.33. The fourth-order valence-corrected chi connectivity index (χ4v) is 3.77. The van der Waals surface area contributed by atoms with E-state index in [0.717, 1.165) is 5.56 Å². The lowest BCUT2D eigenvalue weighted by atomic mass is 10.1. The minimum absolute atomic E-state index is 0.0263. The first-order chi connectivity index (χ1) is 8.48. The van der Waals surface area contributed by atoms with Crippen molar-refractivity contribution in [2.45, 2.75) is 18.9 Å². The van der Waals surface area contributed by atoms with Gasteiger partial charge in [-0.1, -0.05) is 30.3 Å². The predicted octanol–water partition coefficient (Wildman–Crippen LogP) is 0.875. The minimum Gasteiger partial charge on any atom is -0.341 e. The highest BCUT2D eigenvalue weighted by molar-refractivity contribution is 7.91. The first-order valence-electron chi connectivity index (χ1n) is 5.98. The summed E-state index contributed by atoms with van der Waals surface area (Å²) in [5.74, 6) is -0.0528. The van der Waals surface area contributed by atoms with E-state index in [1.54, 1.807) is 11.9 Å². The van der Waals surface area contributed by atoms with Crippen molar-refractivity contribution in [2.24, 2.45) is 0 Å². The average Bonchev–Trinajstić information content (AvgIpc) is 2.43. The molecule has 1 saturated heterocycles. The van der Waals surface area contributed by atoms with Gasteiger partial charge in [0, 0.05) is 19.5 Å². The molecule has 1 fully saturated rings. The number of sulfone groups is 1. The summed E-state index contributed by atoms with van der Waals surface area (Å²) in [6.45, 7) is 0. The Labute approximate surface area is 108 Å². The molecule has 0 N–H and O–H groups in total. The maximum atomic E-state index is 11.8. The predicted molar refractivity (Wildman–Crippen MR) is 70.0 cm³/mol. The molecule has 0 radical (unpaired) electrons. The second-order valence-electron chi connectivity index (χ2n) is 4.71. The molecule has 1 unspecified atom stereocenters. The van der Waals surface area contributed by atoms with Crippen LogP contribution in [0.15, 0.2) is 30.3 Å². The summed E-state index contributed by atoms with van der Waals surface area (Å²) in [5.41, 5.74) is 1.05. The summed E-state index contributed by atoms with van der Waals surface area (Å²) in [4.78, 5) is 13.3. The summed E-state index contributed by atoms with van der Waals surface area (Å²) in [6.07, 6.45) is 0.687. The zero-order chi connectivity index (χ0) is 13.2. The number of carbonyl (C=O) groups excluding carboxylic acids is 1. The number of rotatable bonds is 2. The second-order valence-corrected chi connectivity index (χ2v) is 6.94. The molecule has 1 aliphatic heterocycles. The Morgan fingerprint density at radius 1 is 1.28 bits per heavy atom. The first-order valence-corrected chi connectivity index (χ1v) is 7.80. The van der Waals surface area contributed by atoms with Gasteiger partial charge in [-0.25, -0.2) is 8.42 Å². The van der Waals surface area contributed by atoms with Crippen LogP contribution in [0.2, 0.25) is 0 Å². The second kappa shape index (κ2) is 5.10. The molecule has 2 rings (SSSR count). The van der Waals surface area contributed by atoms with Crippen molar-refractivity contribution >= 4 is 15.7 Å². The van der Waals surface area contributed by atoms with Crippen LogP contribution in [0, 0.1) is 0 Å². The first kappa shape index (κ1) is 13.1. The topological polar surface area (TPSA) is 54.5 Å². The van der Waals surface area contributed by atoms with Crippen LogP contribution in [-0.4, -0.2) is 43.8 Å². The quantitative estimate of drug-likeness (QED) is 0.799. The van der Waals surface area contributed by atoms with E-state index in [2.05, 4.69) is 0 Å². The molecule has 0 aromatic heterocycles. The highest BCUT2D eigenvalue weighted by Crippen LogP contribution is 2.15. The molecule has 1 aromatic rings. The lowest BCUT2D eigenvalue weighted by Crippen LogP contribution is -2.40. The highest BCUT2D eigenvalue weighted by atomic mass is 32.2. The van der Waals surface area contributed by atoms with Gasteiger partial charge in [0.25, 0.3) is 0 Å². The van der Waals surface area contributed by atoms with Crippen LogP contribution in [0.3, 0.4) is 0 Å². The Kier molecular flexibility index (Phi) is 3.71. The zero-order valence-electron chi connectivity index (χ0n) is 10.4. The summed E-state index contributed by atoms with van der Waals surface area (Å²) < 4.78 is 23.6. The Morgan fingerprint density at radius 3 is 2.61 bits per heavy atom. The van der Waals surface area contributed by atoms with E-state index in [1.807, 2.05) is 30.3 Å². The van der Waals surface area contributed by atoms with Gasteiger partial charge in [0.15, 0.2) is 9.84 Å². The zero-order valence-corrected chi connectivity index (χ0v) is 11.2. The van der Waals surface area contributed by atoms with Gasteiger partial charge in [-0.3, -0.25) is 4.79 Å². The molecule has 0 bridgehead atoms. The van der Waals surface area contributed by atoms with Gasteiger partial charge < -0.3 is 4.90 Å². The molecule has 5 heteroatoms. The fourth-order valence-electron chi connectivity index (χ4n) is 2.19. The molecule has 0 aliphatic carbocycles. The Balaban J connectivity index is 2.21. The summed E-state index contributed by atoms with van der Waals surface area (Å²) in [6, 6.07) is 9.41. The molecule has 1 aromatic carbocycles. The van der Waals surface area contributed by atoms with Gasteiger partial charge in [-0.05, 0) is 12.0 Å². The van der Waals surface area contributed by atoms with Gasteiger partial charge in [0.1, 0.15) is 0 Å². The number of amides is 1. The molecule has 1 aliphatic rings. The Hall–Kier alpha value is -1.36. The van der Waals surface area contributed by atoms with Crippen molar-refractivity contribution in [3.8, 4) is 0 Å². The molecule has 0 spiro atoms. The Morgan fingerprint density at radius 2 is 1.94 bits per heavy atom. The van der Waals surface area contributed by atoms with Crippen LogP contribution < -0.4 is 0 Å². The van der Waals surface area contributed by atoms with E-state index in [4.69, 9.17) is 0 Å². The highest BCUT2D eigenvalue weighted by Gasteiger charge is 2.30. The standard InChI is InChI=1S/C13H17NO3S/c1-14-12(9-11-5-3-2-4-6-11)10-18(16,17)8-7-13(14)15/h2-6,12H,7-10H2,1H3. The molecule has 4 nitrogen and oxygen atoms in total. The largest absolute Gasteiger partial charge is 0.341 e. The fraction of sp³-hybridized carbons (Fsp3) is 0.462. The van der Waals surface area contributed by atoms with E-state index >= 15 is 0 Å². The van der Waals surface area contributed by atoms with Crippen molar-refractivity contribution in [3.05, 3.63) is 35.9 Å². The Bertz CT molecular complexity index is 524. The van der Waals surface area contributed by atoms with Gasteiger partial charge in [0.05, 0.1) is 11.5 Å². The van der Waals surface area contributed by atoms with Crippen molar-refractivity contribution in [1.82, 2.24) is 4.90 Å². The van der Waals surface area contributed by atoms with Crippen LogP contribution in [0.25, 0.3) is 0 Å². The van der Waals surface area contributed by atoms with Crippen molar-refractivity contribution < 1.29 is 13.2 Å². The number of benzene rings is 1. The maximum absolute atomic E-state index is 11.8. The maximum Gasteiger partial charge on any atom is 0.223 e. The number of hydrogen-bond acceptors (Lipinski definition) is 3. The van der Waals surface area contributed by atoms with Crippen LogP contribution in [0.4, 0.5) is 0 Å². The van der Waals surface area contributed by atoms with Crippen LogP contribution >= 0.6 is 0 Å². The molecule has 1 amide bonds. The van der Waals surface area contributed by atoms with Crippen LogP contribution in [0.1, 0.15) is 12.0 Å². The monoisotopic (exact) mass is 267 g/mol. The lowest BCUT2D eigenvalue weighted by Gasteiger charge is -2.25. The summed E-state index contributed by atoms with van der Waals surface area (Å²) in [5, 5.41) is 0. The minimum atomic E-state index is -3.12. The number of nitrogens with zero attached hydrogens (tertiary/aromatic N) is 1. The van der Waals surface area contributed by atoms with Crippen molar-refractivity contribution in [3.63, 3.8) is 0 Å². The molecular weight excluding hydrogens is 250 g/mol. The van der Waals surface area contributed by atoms with E-state index in [9.17, 15) is 13.2 Å². The molecule has 1 heterocycles. The molecule has 18 heavy (non-hydrogen) atoms. The molecule has 98 valence electrons. The smallest absolute Gasteiger partial charge is 0.223 e. The van der Waals surface area contributed by atoms with Crippen LogP contribution in [-0.2, 0) is 21.1 Å². The molecule has 1 atom stereocenters. The van der Waals surface area contributed by atoms with Crippen molar-refractivity contribution in [1.29, 1.82) is 0 Å². The third kappa shape index (κ3) is 3.10.